The van der Waals surface area contributed by atoms with Gasteiger partial charge in [-0.25, -0.2) is 12.8 Å². The first-order chi connectivity index (χ1) is 13.4. The minimum atomic E-state index is -4.57. The Morgan fingerprint density at radius 1 is 1.14 bits per heavy atom. The highest BCUT2D eigenvalue weighted by Gasteiger charge is 2.36. The van der Waals surface area contributed by atoms with Gasteiger partial charge in [0.2, 0.25) is 10.0 Å². The number of alkyl halides is 3. The molecule has 1 aliphatic carbocycles. The zero-order valence-corrected chi connectivity index (χ0v) is 17.4. The highest BCUT2D eigenvalue weighted by atomic mass is 79.9. The molecule has 0 atom stereocenters. The van der Waals surface area contributed by atoms with Crippen LogP contribution >= 0.6 is 27.5 Å². The third kappa shape index (κ3) is 5.01. The van der Waals surface area contributed by atoms with E-state index in [-0.39, 0.29) is 21.4 Å². The number of sulfonamides is 1. The highest BCUT2D eigenvalue weighted by Crippen LogP contribution is 2.35. The summed E-state index contributed by atoms with van der Waals surface area (Å²) in [6.07, 6.45) is -3.67. The van der Waals surface area contributed by atoms with Crippen molar-refractivity contribution in [2.45, 2.75) is 24.3 Å². The molecule has 1 fully saturated rings. The van der Waals surface area contributed by atoms with Gasteiger partial charge in [-0.05, 0) is 53.0 Å². The van der Waals surface area contributed by atoms with E-state index in [4.69, 9.17) is 11.6 Å². The summed E-state index contributed by atoms with van der Waals surface area (Å²) in [6, 6.07) is 4.30. The van der Waals surface area contributed by atoms with Gasteiger partial charge in [0.15, 0.2) is 0 Å². The normalized spacial score (nSPS) is 14.6. The summed E-state index contributed by atoms with van der Waals surface area (Å²) in [7, 11) is -3.80. The van der Waals surface area contributed by atoms with Crippen molar-refractivity contribution in [3.8, 4) is 0 Å². The second-order valence-corrected chi connectivity index (χ2v) is 9.53. The van der Waals surface area contributed by atoms with E-state index < -0.39 is 43.8 Å². The maximum absolute atomic E-state index is 13.8. The fourth-order valence-corrected chi connectivity index (χ4v) is 4.46. The van der Waals surface area contributed by atoms with E-state index in [0.717, 1.165) is 30.3 Å². The van der Waals surface area contributed by atoms with Crippen LogP contribution in [0.4, 0.5) is 28.9 Å². The van der Waals surface area contributed by atoms with E-state index in [1.807, 2.05) is 0 Å². The van der Waals surface area contributed by atoms with Gasteiger partial charge in [-0.2, -0.15) is 13.2 Å². The minimum absolute atomic E-state index is 0.000512. The summed E-state index contributed by atoms with van der Waals surface area (Å²) in [5, 5.41) is 1.31. The molecule has 1 amide bonds. The number of amides is 1. The lowest BCUT2D eigenvalue weighted by molar-refractivity contribution is -0.137. The fraction of sp³-hybridized carbons (Fsp3) is 0.235. The van der Waals surface area contributed by atoms with Gasteiger partial charge in [0.25, 0.3) is 5.91 Å². The summed E-state index contributed by atoms with van der Waals surface area (Å²) in [6.45, 7) is 0. The van der Waals surface area contributed by atoms with Gasteiger partial charge in [-0.15, -0.1) is 0 Å². The Bertz CT molecular complexity index is 1090. The topological polar surface area (TPSA) is 75.3 Å². The standard InChI is InChI=1S/C17H12BrClF4N2O3S/c18-11-5-8(17(21,22)23)1-4-14(11)24-16(26)10-6-12(19)13(20)7-15(10)25-29(27,28)9-2-3-9/h1,4-7,9,25H,2-3H2,(H,24,26). The molecule has 0 unspecified atom stereocenters. The molecule has 0 aromatic heterocycles. The predicted molar refractivity (Wildman–Crippen MR) is 104 cm³/mol. The summed E-state index contributed by atoms with van der Waals surface area (Å²) in [5.74, 6) is -1.83. The van der Waals surface area contributed by atoms with E-state index in [9.17, 15) is 30.8 Å². The van der Waals surface area contributed by atoms with Gasteiger partial charge in [0, 0.05) is 10.5 Å². The van der Waals surface area contributed by atoms with Gasteiger partial charge in [0.1, 0.15) is 5.82 Å². The quantitative estimate of drug-likeness (QED) is 0.523. The summed E-state index contributed by atoms with van der Waals surface area (Å²) < 4.78 is 78.6. The first kappa shape index (κ1) is 21.8. The van der Waals surface area contributed by atoms with Crippen molar-refractivity contribution < 1.29 is 30.8 Å². The number of rotatable bonds is 5. The lowest BCUT2D eigenvalue weighted by Gasteiger charge is -2.15. The van der Waals surface area contributed by atoms with Crippen LogP contribution in [0.25, 0.3) is 0 Å². The average molecular weight is 516 g/mol. The van der Waals surface area contributed by atoms with E-state index >= 15 is 0 Å². The number of carbonyl (C=O) groups is 1. The van der Waals surface area contributed by atoms with Crippen molar-refractivity contribution in [3.05, 3.63) is 56.8 Å². The SMILES string of the molecule is O=C(Nc1ccc(C(F)(F)F)cc1Br)c1cc(Cl)c(F)cc1NS(=O)(=O)C1CC1. The Kier molecular flexibility index (Phi) is 5.85. The van der Waals surface area contributed by atoms with Gasteiger partial charge < -0.3 is 5.32 Å². The van der Waals surface area contributed by atoms with Crippen LogP contribution in [-0.2, 0) is 16.2 Å². The number of hydrogen-bond donors (Lipinski definition) is 2. The highest BCUT2D eigenvalue weighted by molar-refractivity contribution is 9.10. The molecule has 1 aliphatic rings. The van der Waals surface area contributed by atoms with Crippen LogP contribution < -0.4 is 10.0 Å². The molecule has 2 aromatic rings. The van der Waals surface area contributed by atoms with Crippen LogP contribution in [-0.4, -0.2) is 19.6 Å². The van der Waals surface area contributed by atoms with Crippen LogP contribution in [0.1, 0.15) is 28.8 Å². The van der Waals surface area contributed by atoms with Crippen molar-refractivity contribution in [2.24, 2.45) is 0 Å². The van der Waals surface area contributed by atoms with Crippen LogP contribution in [0, 0.1) is 5.82 Å². The summed E-state index contributed by atoms with van der Waals surface area (Å²) in [4.78, 5) is 12.6. The lowest BCUT2D eigenvalue weighted by atomic mass is 10.1. The summed E-state index contributed by atoms with van der Waals surface area (Å²) in [5.41, 5.74) is -1.53. The molecular formula is C17H12BrClF4N2O3S. The minimum Gasteiger partial charge on any atom is -0.321 e. The average Bonchev–Trinajstić information content (AvgIpc) is 3.44. The lowest BCUT2D eigenvalue weighted by Crippen LogP contribution is -2.21. The molecule has 0 radical (unpaired) electrons. The predicted octanol–water partition coefficient (Wildman–Crippen LogP) is 5.42. The van der Waals surface area contributed by atoms with Crippen LogP contribution in [0.2, 0.25) is 5.02 Å². The van der Waals surface area contributed by atoms with Crippen molar-refractivity contribution in [3.63, 3.8) is 0 Å². The molecule has 5 nitrogen and oxygen atoms in total. The van der Waals surface area contributed by atoms with Crippen molar-refractivity contribution >= 4 is 54.8 Å². The van der Waals surface area contributed by atoms with Gasteiger partial charge in [-0.1, -0.05) is 11.6 Å². The second kappa shape index (κ2) is 7.77. The molecule has 2 N–H and O–H groups in total. The smallest absolute Gasteiger partial charge is 0.321 e. The molecule has 1 saturated carbocycles. The zero-order valence-electron chi connectivity index (χ0n) is 14.3. The van der Waals surface area contributed by atoms with E-state index in [1.165, 1.54) is 0 Å². The van der Waals surface area contributed by atoms with Gasteiger partial charge in [0.05, 0.1) is 32.8 Å². The van der Waals surface area contributed by atoms with E-state index in [0.29, 0.717) is 12.8 Å². The van der Waals surface area contributed by atoms with Gasteiger partial charge in [-0.3, -0.25) is 9.52 Å². The molecule has 2 aromatic carbocycles. The molecule has 0 heterocycles. The maximum Gasteiger partial charge on any atom is 0.416 e. The van der Waals surface area contributed by atoms with Crippen molar-refractivity contribution in [2.75, 3.05) is 10.0 Å². The fourth-order valence-electron chi connectivity index (χ4n) is 2.42. The molecule has 29 heavy (non-hydrogen) atoms. The monoisotopic (exact) mass is 514 g/mol. The number of anilines is 2. The van der Waals surface area contributed by atoms with E-state index in [2.05, 4.69) is 26.0 Å². The largest absolute Gasteiger partial charge is 0.416 e. The Morgan fingerprint density at radius 2 is 1.79 bits per heavy atom. The first-order valence-electron chi connectivity index (χ1n) is 8.07. The molecule has 0 spiro atoms. The Morgan fingerprint density at radius 3 is 2.34 bits per heavy atom. The molecule has 156 valence electrons. The van der Waals surface area contributed by atoms with Crippen LogP contribution in [0.15, 0.2) is 34.8 Å². The number of nitrogens with one attached hydrogen (secondary N) is 2. The Hall–Kier alpha value is -1.85. The Balaban J connectivity index is 1.92. The number of carbonyl (C=O) groups excluding carboxylic acids is 1. The number of halogens is 6. The summed E-state index contributed by atoms with van der Waals surface area (Å²) >= 11 is 8.66. The van der Waals surface area contributed by atoms with Crippen molar-refractivity contribution in [1.82, 2.24) is 0 Å². The number of benzene rings is 2. The third-order valence-corrected chi connectivity index (χ3v) is 6.86. The van der Waals surface area contributed by atoms with Gasteiger partial charge >= 0.3 is 6.18 Å². The number of hydrogen-bond acceptors (Lipinski definition) is 3. The van der Waals surface area contributed by atoms with Crippen molar-refractivity contribution in [1.29, 1.82) is 0 Å². The Labute approximate surface area is 176 Å². The molecule has 12 heteroatoms. The van der Waals surface area contributed by atoms with E-state index in [1.54, 1.807) is 0 Å². The van der Waals surface area contributed by atoms with Crippen LogP contribution in [0.3, 0.4) is 0 Å². The van der Waals surface area contributed by atoms with Crippen LogP contribution in [0.5, 0.6) is 0 Å². The molecule has 0 bridgehead atoms. The first-order valence-corrected chi connectivity index (χ1v) is 10.8. The maximum atomic E-state index is 13.8. The third-order valence-electron chi connectivity index (χ3n) is 4.07. The molecule has 0 aliphatic heterocycles. The molecule has 3 rings (SSSR count). The second-order valence-electron chi connectivity index (χ2n) is 6.30. The zero-order chi connectivity index (χ0) is 21.6. The molecule has 0 saturated heterocycles. The molecular weight excluding hydrogens is 504 g/mol.